The molecule has 0 spiro atoms. The maximum atomic E-state index is 4.64. The van der Waals surface area contributed by atoms with Crippen molar-refractivity contribution in [1.82, 2.24) is 15.0 Å². The second-order valence-corrected chi connectivity index (χ2v) is 5.50. The third kappa shape index (κ3) is 1.48. The first-order valence-electron chi connectivity index (χ1n) is 7.34. The zero-order chi connectivity index (χ0) is 14.5. The van der Waals surface area contributed by atoms with E-state index in [2.05, 4.69) is 63.5 Å². The molecule has 0 radical (unpaired) electrons. The van der Waals surface area contributed by atoms with Crippen LogP contribution in [0, 0.1) is 0 Å². The molecule has 2 N–H and O–H groups in total. The van der Waals surface area contributed by atoms with Gasteiger partial charge in [0.15, 0.2) is 0 Å². The molecule has 0 aliphatic carbocycles. The molecule has 0 amide bonds. The highest BCUT2D eigenvalue weighted by Gasteiger charge is 2.13. The highest BCUT2D eigenvalue weighted by molar-refractivity contribution is 6.12. The summed E-state index contributed by atoms with van der Waals surface area (Å²) in [5.74, 6) is 0. The van der Waals surface area contributed by atoms with Gasteiger partial charge in [0.25, 0.3) is 0 Å². The van der Waals surface area contributed by atoms with Gasteiger partial charge in [0.1, 0.15) is 0 Å². The van der Waals surface area contributed by atoms with Crippen molar-refractivity contribution in [2.24, 2.45) is 0 Å². The average molecular weight is 283 g/mol. The molecule has 5 aromatic rings. The fourth-order valence-corrected chi connectivity index (χ4v) is 3.25. The first-order valence-corrected chi connectivity index (χ1v) is 7.34. The summed E-state index contributed by atoms with van der Waals surface area (Å²) in [5.41, 5.74) is 5.49. The van der Waals surface area contributed by atoms with E-state index in [1.807, 2.05) is 18.5 Å². The summed E-state index contributed by atoms with van der Waals surface area (Å²) in [5, 5.41) is 3.65. The first-order chi connectivity index (χ1) is 10.9. The van der Waals surface area contributed by atoms with Crippen LogP contribution >= 0.6 is 0 Å². The number of aromatic nitrogens is 3. The van der Waals surface area contributed by atoms with Gasteiger partial charge in [0, 0.05) is 45.1 Å². The number of pyridine rings is 1. The Kier molecular flexibility index (Phi) is 2.22. The number of fused-ring (bicyclic) bond motifs is 4. The van der Waals surface area contributed by atoms with Gasteiger partial charge in [-0.25, -0.2) is 0 Å². The van der Waals surface area contributed by atoms with Crippen LogP contribution in [-0.4, -0.2) is 15.0 Å². The van der Waals surface area contributed by atoms with Crippen LogP contribution in [0.3, 0.4) is 0 Å². The van der Waals surface area contributed by atoms with Crippen molar-refractivity contribution >= 4 is 32.7 Å². The van der Waals surface area contributed by atoms with Crippen LogP contribution in [0.15, 0.2) is 67.0 Å². The van der Waals surface area contributed by atoms with Crippen molar-refractivity contribution in [3.05, 3.63) is 67.0 Å². The van der Waals surface area contributed by atoms with Crippen LogP contribution in [0.25, 0.3) is 44.0 Å². The minimum Gasteiger partial charge on any atom is -0.360 e. The standard InChI is InChI=1S/C19H13N3/c1-3-7-16-13(6-1)15(11-21-16)18-19-14(9-10-20-18)12-5-2-4-8-17(12)22-19/h1-11,21-22H. The highest BCUT2D eigenvalue weighted by atomic mass is 14.8. The maximum Gasteiger partial charge on any atom is 0.0964 e. The van der Waals surface area contributed by atoms with E-state index in [0.29, 0.717) is 0 Å². The minimum atomic E-state index is 0.992. The van der Waals surface area contributed by atoms with Gasteiger partial charge in [-0.15, -0.1) is 0 Å². The van der Waals surface area contributed by atoms with Crippen molar-refractivity contribution in [2.45, 2.75) is 0 Å². The first kappa shape index (κ1) is 11.6. The molecule has 3 aromatic heterocycles. The molecule has 0 bridgehead atoms. The van der Waals surface area contributed by atoms with Gasteiger partial charge in [-0.3, -0.25) is 4.98 Å². The SMILES string of the molecule is c1ccc2c(-c3nccc4c3[nH]c3ccccc34)c[nH]c2c1. The fourth-order valence-electron chi connectivity index (χ4n) is 3.25. The Morgan fingerprint density at radius 2 is 1.50 bits per heavy atom. The summed E-state index contributed by atoms with van der Waals surface area (Å²) in [4.78, 5) is 11.5. The Morgan fingerprint density at radius 3 is 2.41 bits per heavy atom. The van der Waals surface area contributed by atoms with E-state index in [1.165, 1.54) is 16.2 Å². The zero-order valence-corrected chi connectivity index (χ0v) is 11.8. The van der Waals surface area contributed by atoms with E-state index in [0.717, 1.165) is 27.8 Å². The summed E-state index contributed by atoms with van der Waals surface area (Å²) in [6, 6.07) is 18.8. The quantitative estimate of drug-likeness (QED) is 0.453. The van der Waals surface area contributed by atoms with Crippen molar-refractivity contribution in [2.75, 3.05) is 0 Å². The smallest absolute Gasteiger partial charge is 0.0964 e. The topological polar surface area (TPSA) is 44.5 Å². The summed E-state index contributed by atoms with van der Waals surface area (Å²) in [6.45, 7) is 0. The number of aromatic amines is 2. The number of nitrogens with one attached hydrogen (secondary N) is 2. The van der Waals surface area contributed by atoms with Gasteiger partial charge in [-0.2, -0.15) is 0 Å². The van der Waals surface area contributed by atoms with Crippen molar-refractivity contribution in [3.63, 3.8) is 0 Å². The molecule has 5 rings (SSSR count). The number of benzene rings is 2. The van der Waals surface area contributed by atoms with Crippen LogP contribution < -0.4 is 0 Å². The Hall–Kier alpha value is -3.07. The number of H-pyrrole nitrogens is 2. The number of para-hydroxylation sites is 2. The minimum absolute atomic E-state index is 0.992. The van der Waals surface area contributed by atoms with Crippen molar-refractivity contribution in [1.29, 1.82) is 0 Å². The molecule has 3 heterocycles. The van der Waals surface area contributed by atoms with E-state index in [-0.39, 0.29) is 0 Å². The number of hydrogen-bond donors (Lipinski definition) is 2. The van der Waals surface area contributed by atoms with Gasteiger partial charge >= 0.3 is 0 Å². The monoisotopic (exact) mass is 283 g/mol. The highest BCUT2D eigenvalue weighted by Crippen LogP contribution is 2.34. The third-order valence-electron chi connectivity index (χ3n) is 4.27. The van der Waals surface area contributed by atoms with Crippen molar-refractivity contribution < 1.29 is 0 Å². The molecule has 22 heavy (non-hydrogen) atoms. The summed E-state index contributed by atoms with van der Waals surface area (Å²) < 4.78 is 0. The molecular weight excluding hydrogens is 270 g/mol. The molecule has 0 saturated heterocycles. The van der Waals surface area contributed by atoms with Crippen LogP contribution in [0.1, 0.15) is 0 Å². The predicted molar refractivity (Wildman–Crippen MR) is 90.9 cm³/mol. The summed E-state index contributed by atoms with van der Waals surface area (Å²) in [6.07, 6.45) is 3.93. The largest absolute Gasteiger partial charge is 0.360 e. The predicted octanol–water partition coefficient (Wildman–Crippen LogP) is 4.86. The lowest BCUT2D eigenvalue weighted by atomic mass is 10.1. The molecular formula is C19H13N3. The fraction of sp³-hybridized carbons (Fsp3) is 0. The molecule has 0 unspecified atom stereocenters. The lowest BCUT2D eigenvalue weighted by Crippen LogP contribution is -1.83. The average Bonchev–Trinajstić information content (AvgIpc) is 3.16. The Bertz CT molecular complexity index is 1130. The molecule has 0 fully saturated rings. The van der Waals surface area contributed by atoms with Gasteiger partial charge in [0.2, 0.25) is 0 Å². The van der Waals surface area contributed by atoms with Crippen LogP contribution in [0.5, 0.6) is 0 Å². The molecule has 3 heteroatoms. The van der Waals surface area contributed by atoms with E-state index < -0.39 is 0 Å². The lowest BCUT2D eigenvalue weighted by Gasteiger charge is -2.01. The molecule has 104 valence electrons. The second-order valence-electron chi connectivity index (χ2n) is 5.50. The molecule has 0 saturated carbocycles. The number of nitrogens with zero attached hydrogens (tertiary/aromatic N) is 1. The Morgan fingerprint density at radius 1 is 0.727 bits per heavy atom. The molecule has 2 aromatic carbocycles. The Balaban J connectivity index is 1.92. The molecule has 0 atom stereocenters. The summed E-state index contributed by atoms with van der Waals surface area (Å²) >= 11 is 0. The van der Waals surface area contributed by atoms with Crippen LogP contribution in [0.2, 0.25) is 0 Å². The van der Waals surface area contributed by atoms with Gasteiger partial charge < -0.3 is 9.97 Å². The summed E-state index contributed by atoms with van der Waals surface area (Å²) in [7, 11) is 0. The molecule has 3 nitrogen and oxygen atoms in total. The Labute approximate surface area is 126 Å². The van der Waals surface area contributed by atoms with E-state index >= 15 is 0 Å². The zero-order valence-electron chi connectivity index (χ0n) is 11.8. The van der Waals surface area contributed by atoms with Crippen LogP contribution in [0.4, 0.5) is 0 Å². The molecule has 0 aliphatic rings. The normalized spacial score (nSPS) is 11.6. The number of hydrogen-bond acceptors (Lipinski definition) is 1. The third-order valence-corrected chi connectivity index (χ3v) is 4.27. The molecule has 0 aliphatic heterocycles. The van der Waals surface area contributed by atoms with Crippen molar-refractivity contribution in [3.8, 4) is 11.3 Å². The number of rotatable bonds is 1. The van der Waals surface area contributed by atoms with Gasteiger partial charge in [-0.05, 0) is 18.2 Å². The van der Waals surface area contributed by atoms with Gasteiger partial charge in [0.05, 0.1) is 11.2 Å². The van der Waals surface area contributed by atoms with E-state index in [1.54, 1.807) is 0 Å². The maximum absolute atomic E-state index is 4.64. The van der Waals surface area contributed by atoms with Gasteiger partial charge in [-0.1, -0.05) is 36.4 Å². The van der Waals surface area contributed by atoms with Crippen LogP contribution in [-0.2, 0) is 0 Å². The van der Waals surface area contributed by atoms with E-state index in [9.17, 15) is 0 Å². The second kappa shape index (κ2) is 4.21. The van der Waals surface area contributed by atoms with E-state index in [4.69, 9.17) is 0 Å². The lowest BCUT2D eigenvalue weighted by molar-refractivity contribution is 1.34.